The third kappa shape index (κ3) is 4.78. The topological polar surface area (TPSA) is 37.4 Å². The first-order valence-electron chi connectivity index (χ1n) is 8.67. The summed E-state index contributed by atoms with van der Waals surface area (Å²) in [6.07, 6.45) is 0. The fraction of sp³-hybridized carbons (Fsp3) is 0.130. The van der Waals surface area contributed by atoms with Crippen molar-refractivity contribution in [1.82, 2.24) is 4.31 Å². The van der Waals surface area contributed by atoms with Gasteiger partial charge in [-0.15, -0.1) is 0 Å². The first-order chi connectivity index (χ1) is 12.9. The summed E-state index contributed by atoms with van der Waals surface area (Å²) in [5, 5.41) is 0. The van der Waals surface area contributed by atoms with E-state index in [-0.39, 0.29) is 11.4 Å². The molecule has 3 aromatic carbocycles. The molecule has 0 aliphatic carbocycles. The van der Waals surface area contributed by atoms with Crippen LogP contribution in [0.2, 0.25) is 0 Å². The lowest BCUT2D eigenvalue weighted by molar-refractivity contribution is 0.508. The van der Waals surface area contributed by atoms with Crippen LogP contribution in [0, 0.1) is 25.8 Å². The molecule has 3 rings (SSSR count). The zero-order valence-corrected chi connectivity index (χ0v) is 16.2. The Morgan fingerprint density at radius 1 is 0.778 bits per heavy atom. The fourth-order valence-corrected chi connectivity index (χ4v) is 3.75. The lowest BCUT2D eigenvalue weighted by atomic mass is 10.2. The van der Waals surface area contributed by atoms with Crippen molar-refractivity contribution in [3.8, 4) is 12.0 Å². The third-order valence-electron chi connectivity index (χ3n) is 4.15. The molecule has 0 saturated heterocycles. The molecule has 3 nitrogen and oxygen atoms in total. The number of aryl methyl sites for hydroxylation is 2. The van der Waals surface area contributed by atoms with Crippen LogP contribution in [0.4, 0.5) is 0 Å². The van der Waals surface area contributed by atoms with Crippen molar-refractivity contribution >= 4 is 10.0 Å². The molecule has 3 aromatic rings. The second-order valence-corrected chi connectivity index (χ2v) is 8.28. The summed E-state index contributed by atoms with van der Waals surface area (Å²) in [5.74, 6) is 2.98. The van der Waals surface area contributed by atoms with E-state index in [4.69, 9.17) is 0 Å². The van der Waals surface area contributed by atoms with E-state index in [1.54, 1.807) is 24.3 Å². The molecule has 0 bridgehead atoms. The van der Waals surface area contributed by atoms with Crippen LogP contribution in [-0.2, 0) is 16.6 Å². The molecule has 0 fully saturated rings. The van der Waals surface area contributed by atoms with Gasteiger partial charge in [0.15, 0.2) is 0 Å². The number of rotatable bonds is 4. The number of sulfonamides is 1. The maximum atomic E-state index is 13.1. The molecule has 0 heterocycles. The van der Waals surface area contributed by atoms with Gasteiger partial charge in [0.25, 0.3) is 10.0 Å². The summed E-state index contributed by atoms with van der Waals surface area (Å²) in [4.78, 5) is 0.238. The molecule has 0 atom stereocenters. The van der Waals surface area contributed by atoms with Gasteiger partial charge < -0.3 is 0 Å². The monoisotopic (exact) mass is 375 g/mol. The molecule has 0 unspecified atom stereocenters. The first kappa shape index (κ1) is 18.8. The van der Waals surface area contributed by atoms with E-state index in [1.807, 2.05) is 68.4 Å². The molecule has 0 saturated carbocycles. The Kier molecular flexibility index (Phi) is 5.63. The average molecular weight is 375 g/mol. The molecule has 0 spiro atoms. The lowest BCUT2D eigenvalue weighted by Gasteiger charge is -2.18. The number of hydrogen-bond donors (Lipinski definition) is 0. The van der Waals surface area contributed by atoms with Crippen molar-refractivity contribution in [2.45, 2.75) is 25.3 Å². The lowest BCUT2D eigenvalue weighted by Crippen LogP contribution is -2.26. The highest BCUT2D eigenvalue weighted by molar-refractivity contribution is 7.89. The number of benzene rings is 3. The molecular formula is C23H21NO2S. The van der Waals surface area contributed by atoms with E-state index in [9.17, 15) is 8.42 Å². The molecule has 0 radical (unpaired) electrons. The van der Waals surface area contributed by atoms with E-state index >= 15 is 0 Å². The van der Waals surface area contributed by atoms with E-state index in [0.717, 1.165) is 22.3 Å². The van der Waals surface area contributed by atoms with Crippen LogP contribution < -0.4 is 0 Å². The Balaban J connectivity index is 1.99. The molecule has 0 aliphatic heterocycles. The predicted octanol–water partition coefficient (Wildman–Crippen LogP) is 4.50. The molecule has 0 aromatic heterocycles. The molecule has 136 valence electrons. The van der Waals surface area contributed by atoms with Gasteiger partial charge in [-0.25, -0.2) is 12.7 Å². The van der Waals surface area contributed by atoms with Crippen molar-refractivity contribution in [2.24, 2.45) is 0 Å². The van der Waals surface area contributed by atoms with Crippen LogP contribution in [-0.4, -0.2) is 12.7 Å². The first-order valence-corrected chi connectivity index (χ1v) is 10.1. The Morgan fingerprint density at radius 2 is 1.33 bits per heavy atom. The molecule has 0 N–H and O–H groups in total. The highest BCUT2D eigenvalue weighted by Gasteiger charge is 2.22. The van der Waals surface area contributed by atoms with Gasteiger partial charge in [-0.2, -0.15) is 0 Å². The van der Waals surface area contributed by atoms with Crippen LogP contribution >= 0.6 is 0 Å². The smallest absolute Gasteiger partial charge is 0.220 e. The minimum atomic E-state index is -3.73. The fourth-order valence-electron chi connectivity index (χ4n) is 2.54. The van der Waals surface area contributed by atoms with Crippen LogP contribution in [0.15, 0.2) is 83.8 Å². The van der Waals surface area contributed by atoms with E-state index in [1.165, 1.54) is 4.31 Å². The van der Waals surface area contributed by atoms with Gasteiger partial charge in [-0.1, -0.05) is 65.7 Å². The van der Waals surface area contributed by atoms with Crippen molar-refractivity contribution in [2.75, 3.05) is 0 Å². The van der Waals surface area contributed by atoms with Gasteiger partial charge in [-0.05, 0) is 49.6 Å². The maximum absolute atomic E-state index is 13.1. The summed E-state index contributed by atoms with van der Waals surface area (Å²) in [6.45, 7) is 4.12. The van der Waals surface area contributed by atoms with Crippen LogP contribution in [0.1, 0.15) is 22.3 Å². The Morgan fingerprint density at radius 3 is 1.93 bits per heavy atom. The van der Waals surface area contributed by atoms with Crippen molar-refractivity contribution in [1.29, 1.82) is 0 Å². The largest absolute Gasteiger partial charge is 0.271 e. The summed E-state index contributed by atoms with van der Waals surface area (Å²) >= 11 is 0. The molecular weight excluding hydrogens is 354 g/mol. The second-order valence-electron chi connectivity index (χ2n) is 6.41. The van der Waals surface area contributed by atoms with Crippen LogP contribution in [0.25, 0.3) is 0 Å². The van der Waals surface area contributed by atoms with E-state index < -0.39 is 10.0 Å². The van der Waals surface area contributed by atoms with Gasteiger partial charge in [0.1, 0.15) is 0 Å². The quantitative estimate of drug-likeness (QED) is 0.497. The van der Waals surface area contributed by atoms with Crippen LogP contribution in [0.5, 0.6) is 0 Å². The van der Waals surface area contributed by atoms with E-state index in [0.29, 0.717) is 0 Å². The summed E-state index contributed by atoms with van der Waals surface area (Å²) in [7, 11) is -3.73. The zero-order chi connectivity index (χ0) is 19.3. The van der Waals surface area contributed by atoms with Crippen molar-refractivity contribution in [3.63, 3.8) is 0 Å². The number of nitrogens with zero attached hydrogens (tertiary/aromatic N) is 1. The molecule has 0 aliphatic rings. The normalized spacial score (nSPS) is 10.7. The van der Waals surface area contributed by atoms with Gasteiger partial charge in [0, 0.05) is 11.6 Å². The van der Waals surface area contributed by atoms with Gasteiger partial charge in [-0.3, -0.25) is 0 Å². The van der Waals surface area contributed by atoms with Crippen molar-refractivity contribution < 1.29 is 8.42 Å². The van der Waals surface area contributed by atoms with Crippen molar-refractivity contribution in [3.05, 3.63) is 101 Å². The van der Waals surface area contributed by atoms with Gasteiger partial charge in [0.2, 0.25) is 0 Å². The summed E-state index contributed by atoms with van der Waals surface area (Å²) < 4.78 is 27.5. The Labute approximate surface area is 161 Å². The minimum Gasteiger partial charge on any atom is -0.220 e. The highest BCUT2D eigenvalue weighted by Crippen LogP contribution is 2.18. The van der Waals surface area contributed by atoms with Crippen LogP contribution in [0.3, 0.4) is 0 Å². The summed E-state index contributed by atoms with van der Waals surface area (Å²) in [5.41, 5.74) is 3.80. The highest BCUT2D eigenvalue weighted by atomic mass is 32.2. The summed E-state index contributed by atoms with van der Waals surface area (Å²) in [6, 6.07) is 26.8. The SMILES string of the molecule is Cc1ccc(C#CN(Cc2ccccc2)S(=O)(=O)c2ccc(C)cc2)cc1. The third-order valence-corrected chi connectivity index (χ3v) is 5.82. The Hall–Kier alpha value is -3.03. The molecule has 27 heavy (non-hydrogen) atoms. The standard InChI is InChI=1S/C23H21NO2S/c1-19-8-12-21(13-9-19)16-17-24(18-22-6-4-3-5-7-22)27(25,26)23-14-10-20(2)11-15-23/h3-15H,18H2,1-2H3. The van der Waals surface area contributed by atoms with E-state index in [2.05, 4.69) is 12.0 Å². The average Bonchev–Trinajstić information content (AvgIpc) is 2.67. The maximum Gasteiger partial charge on any atom is 0.271 e. The number of hydrogen-bond acceptors (Lipinski definition) is 2. The predicted molar refractivity (Wildman–Crippen MR) is 108 cm³/mol. The molecule has 0 amide bonds. The molecule has 4 heteroatoms. The van der Waals surface area contributed by atoms with Gasteiger partial charge >= 0.3 is 0 Å². The zero-order valence-electron chi connectivity index (χ0n) is 15.4. The minimum absolute atomic E-state index is 0.190. The van der Waals surface area contributed by atoms with Gasteiger partial charge in [0.05, 0.1) is 11.4 Å². The second kappa shape index (κ2) is 8.11. The Bertz CT molecular complexity index is 1060.